The molecule has 6 nitrogen and oxygen atoms in total. The maximum atomic E-state index is 14.1. The zero-order valence-corrected chi connectivity index (χ0v) is 27.9. The second kappa shape index (κ2) is 15.6. The molecule has 1 amide bonds. The highest BCUT2D eigenvalue weighted by Crippen LogP contribution is 2.47. The molecule has 2 saturated carbocycles. The van der Waals surface area contributed by atoms with Crippen LogP contribution in [0.3, 0.4) is 0 Å². The Labute approximate surface area is 278 Å². The van der Waals surface area contributed by atoms with Gasteiger partial charge in [0.1, 0.15) is 24.8 Å². The number of carbonyl (C=O) groups is 2. The SMILES string of the molecule is CC(=O)OCc1ccccc1.NC1(c2ccc(Br)cc2F)CC1.O=C(NC1(c2ccc(Br)cc2F)CC1)OCc1ccccc1. The Bertz CT molecular complexity index is 1600. The van der Waals surface area contributed by atoms with Crippen molar-refractivity contribution in [3.8, 4) is 0 Å². The third-order valence-electron chi connectivity index (χ3n) is 7.29. The Morgan fingerprint density at radius 3 is 1.62 bits per heavy atom. The van der Waals surface area contributed by atoms with Crippen LogP contribution in [0.15, 0.2) is 106 Å². The number of benzene rings is 4. The van der Waals surface area contributed by atoms with Crippen LogP contribution in [0.25, 0.3) is 0 Å². The fraction of sp³-hybridized carbons (Fsp3) is 0.257. The summed E-state index contributed by atoms with van der Waals surface area (Å²) in [5.74, 6) is -0.770. The number of amides is 1. The van der Waals surface area contributed by atoms with E-state index in [0.29, 0.717) is 35.0 Å². The van der Waals surface area contributed by atoms with Crippen LogP contribution in [0.1, 0.15) is 54.9 Å². The Kier molecular flexibility index (Phi) is 11.9. The predicted octanol–water partition coefficient (Wildman–Crippen LogP) is 8.79. The minimum atomic E-state index is -0.626. The number of alkyl carbamates (subject to hydrolysis) is 1. The third kappa shape index (κ3) is 10.5. The van der Waals surface area contributed by atoms with Crippen LogP contribution >= 0.6 is 31.9 Å². The van der Waals surface area contributed by atoms with E-state index in [4.69, 9.17) is 15.2 Å². The first-order valence-corrected chi connectivity index (χ1v) is 15.9. The van der Waals surface area contributed by atoms with Gasteiger partial charge in [0.25, 0.3) is 0 Å². The summed E-state index contributed by atoms with van der Waals surface area (Å²) >= 11 is 6.44. The lowest BCUT2D eigenvalue weighted by atomic mass is 10.0. The van der Waals surface area contributed by atoms with Crippen molar-refractivity contribution in [2.45, 2.75) is 56.9 Å². The monoisotopic (exact) mass is 742 g/mol. The van der Waals surface area contributed by atoms with Crippen molar-refractivity contribution in [3.63, 3.8) is 0 Å². The van der Waals surface area contributed by atoms with Gasteiger partial charge in [0.05, 0.1) is 5.54 Å². The summed E-state index contributed by atoms with van der Waals surface area (Å²) < 4.78 is 38.8. The van der Waals surface area contributed by atoms with Gasteiger partial charge in [-0.2, -0.15) is 0 Å². The molecule has 0 heterocycles. The molecule has 2 aliphatic carbocycles. The highest BCUT2D eigenvalue weighted by molar-refractivity contribution is 9.10. The maximum Gasteiger partial charge on any atom is 0.408 e. The van der Waals surface area contributed by atoms with Gasteiger partial charge in [0, 0.05) is 32.5 Å². The maximum absolute atomic E-state index is 14.1. The number of carbonyl (C=O) groups excluding carboxylic acids is 2. The molecule has 4 aromatic rings. The van der Waals surface area contributed by atoms with Gasteiger partial charge in [-0.25, -0.2) is 13.6 Å². The van der Waals surface area contributed by atoms with Gasteiger partial charge < -0.3 is 20.5 Å². The van der Waals surface area contributed by atoms with Gasteiger partial charge in [-0.15, -0.1) is 0 Å². The zero-order valence-electron chi connectivity index (χ0n) is 24.7. The molecule has 10 heteroatoms. The lowest BCUT2D eigenvalue weighted by Crippen LogP contribution is -2.35. The van der Waals surface area contributed by atoms with E-state index in [-0.39, 0.29) is 29.7 Å². The molecule has 0 saturated heterocycles. The number of hydrogen-bond donors (Lipinski definition) is 2. The van der Waals surface area contributed by atoms with Crippen molar-refractivity contribution in [1.82, 2.24) is 5.32 Å². The molecule has 45 heavy (non-hydrogen) atoms. The van der Waals surface area contributed by atoms with Gasteiger partial charge in [-0.05, 0) is 61.1 Å². The van der Waals surface area contributed by atoms with Gasteiger partial charge in [0.15, 0.2) is 0 Å². The molecular formula is C35H34Br2F2N2O4. The predicted molar refractivity (Wildman–Crippen MR) is 176 cm³/mol. The second-order valence-corrected chi connectivity index (χ2v) is 12.8. The van der Waals surface area contributed by atoms with E-state index in [1.54, 1.807) is 18.2 Å². The first-order chi connectivity index (χ1) is 21.5. The van der Waals surface area contributed by atoms with Gasteiger partial charge >= 0.3 is 12.1 Å². The van der Waals surface area contributed by atoms with Crippen molar-refractivity contribution in [2.24, 2.45) is 5.73 Å². The third-order valence-corrected chi connectivity index (χ3v) is 8.28. The van der Waals surface area contributed by atoms with E-state index in [2.05, 4.69) is 37.2 Å². The van der Waals surface area contributed by atoms with E-state index in [9.17, 15) is 18.4 Å². The summed E-state index contributed by atoms with van der Waals surface area (Å²) in [6.07, 6.45) is 2.69. The fourth-order valence-electron chi connectivity index (χ4n) is 4.48. The zero-order chi connectivity index (χ0) is 32.5. The van der Waals surface area contributed by atoms with Crippen molar-refractivity contribution in [1.29, 1.82) is 0 Å². The fourth-order valence-corrected chi connectivity index (χ4v) is 5.14. The number of rotatable bonds is 7. The lowest BCUT2D eigenvalue weighted by molar-refractivity contribution is -0.142. The van der Waals surface area contributed by atoms with Crippen LogP contribution < -0.4 is 11.1 Å². The van der Waals surface area contributed by atoms with Crippen molar-refractivity contribution < 1.29 is 27.8 Å². The van der Waals surface area contributed by atoms with Crippen LogP contribution in [-0.4, -0.2) is 12.1 Å². The van der Waals surface area contributed by atoms with E-state index >= 15 is 0 Å². The molecular weight excluding hydrogens is 710 g/mol. The smallest absolute Gasteiger partial charge is 0.408 e. The molecule has 236 valence electrons. The highest BCUT2D eigenvalue weighted by Gasteiger charge is 2.48. The molecule has 0 aliphatic heterocycles. The van der Waals surface area contributed by atoms with Crippen molar-refractivity contribution in [3.05, 3.63) is 140 Å². The largest absolute Gasteiger partial charge is 0.461 e. The van der Waals surface area contributed by atoms with Crippen LogP contribution in [0.5, 0.6) is 0 Å². The molecule has 6 rings (SSSR count). The van der Waals surface area contributed by atoms with Crippen LogP contribution in [-0.2, 0) is 38.6 Å². The van der Waals surface area contributed by atoms with Crippen molar-refractivity contribution in [2.75, 3.05) is 0 Å². The van der Waals surface area contributed by atoms with Crippen LogP contribution in [0.4, 0.5) is 13.6 Å². The Morgan fingerprint density at radius 1 is 0.733 bits per heavy atom. The molecule has 0 atom stereocenters. The van der Waals surface area contributed by atoms with Gasteiger partial charge in [-0.1, -0.05) is 105 Å². The standard InChI is InChI=1S/C17H15BrFNO2.C9H9BrFN.C9H10O2/c18-13-6-7-14(15(19)10-13)17(8-9-17)20-16(21)22-11-12-4-2-1-3-5-12;10-6-1-2-7(8(11)5-6)9(12)3-4-9;1-8(10)11-7-9-5-3-2-4-6-9/h1-7,10H,8-9,11H2,(H,20,21);1-2,5H,3-4,12H2;2-6H,7H2,1H3. The number of halogens is 4. The van der Waals surface area contributed by atoms with E-state index in [1.165, 1.54) is 19.1 Å². The first kappa shape index (κ1) is 34.3. The molecule has 0 spiro atoms. The van der Waals surface area contributed by atoms with Gasteiger partial charge in [-0.3, -0.25) is 4.79 Å². The molecule has 2 aliphatic rings. The average molecular weight is 744 g/mol. The summed E-state index contributed by atoms with van der Waals surface area (Å²) in [6.45, 7) is 1.98. The number of esters is 1. The molecule has 0 unspecified atom stereocenters. The second-order valence-electron chi connectivity index (χ2n) is 10.9. The van der Waals surface area contributed by atoms with E-state index < -0.39 is 11.6 Å². The minimum absolute atomic E-state index is 0.200. The summed E-state index contributed by atoms with van der Waals surface area (Å²) in [4.78, 5) is 22.4. The summed E-state index contributed by atoms with van der Waals surface area (Å²) in [6, 6.07) is 29.0. The number of nitrogens with one attached hydrogen (secondary N) is 1. The van der Waals surface area contributed by atoms with Crippen molar-refractivity contribution >= 4 is 43.9 Å². The molecule has 0 aromatic heterocycles. The van der Waals surface area contributed by atoms with E-state index in [1.807, 2.05) is 66.7 Å². The Balaban J connectivity index is 0.000000169. The lowest BCUT2D eigenvalue weighted by Gasteiger charge is -2.18. The van der Waals surface area contributed by atoms with Crippen LogP contribution in [0, 0.1) is 11.6 Å². The number of hydrogen-bond acceptors (Lipinski definition) is 5. The molecule has 4 aromatic carbocycles. The van der Waals surface area contributed by atoms with Gasteiger partial charge in [0.2, 0.25) is 0 Å². The molecule has 0 radical (unpaired) electrons. The normalized spacial score (nSPS) is 14.8. The number of nitrogens with two attached hydrogens (primary N) is 1. The summed E-state index contributed by atoms with van der Waals surface area (Å²) in [5, 5.41) is 2.80. The number of ether oxygens (including phenoxy) is 2. The minimum Gasteiger partial charge on any atom is -0.461 e. The quantitative estimate of drug-likeness (QED) is 0.185. The average Bonchev–Trinajstić information content (AvgIpc) is 3.95. The molecule has 0 bridgehead atoms. The summed E-state index contributed by atoms with van der Waals surface area (Å²) in [7, 11) is 0. The Hall–Kier alpha value is -3.60. The van der Waals surface area contributed by atoms with E-state index in [0.717, 1.165) is 28.4 Å². The topological polar surface area (TPSA) is 90.7 Å². The molecule has 3 N–H and O–H groups in total. The first-order valence-electron chi connectivity index (χ1n) is 14.4. The molecule has 2 fully saturated rings. The highest BCUT2D eigenvalue weighted by atomic mass is 79.9. The van der Waals surface area contributed by atoms with Crippen LogP contribution in [0.2, 0.25) is 0 Å². The Morgan fingerprint density at radius 2 is 1.20 bits per heavy atom. The summed E-state index contributed by atoms with van der Waals surface area (Å²) in [5.41, 5.74) is 7.95.